The van der Waals surface area contributed by atoms with Crippen molar-refractivity contribution in [2.45, 2.75) is 25.8 Å². The SMILES string of the molecule is C[C@@H](N)c1ccc(N(C)CC2CC2)cc1. The maximum atomic E-state index is 5.82. The van der Waals surface area contributed by atoms with Gasteiger partial charge in [-0.05, 0) is 43.4 Å². The van der Waals surface area contributed by atoms with Crippen LogP contribution in [0.3, 0.4) is 0 Å². The molecule has 1 aromatic carbocycles. The van der Waals surface area contributed by atoms with Gasteiger partial charge < -0.3 is 10.6 Å². The van der Waals surface area contributed by atoms with Gasteiger partial charge in [0.2, 0.25) is 0 Å². The van der Waals surface area contributed by atoms with E-state index >= 15 is 0 Å². The Bertz CT molecular complexity index is 312. The van der Waals surface area contributed by atoms with E-state index in [1.807, 2.05) is 6.92 Å². The second kappa shape index (κ2) is 4.23. The first-order valence-corrected chi connectivity index (χ1v) is 5.73. The summed E-state index contributed by atoms with van der Waals surface area (Å²) in [7, 11) is 2.17. The number of anilines is 1. The first-order chi connectivity index (χ1) is 7.16. The minimum absolute atomic E-state index is 0.132. The predicted octanol–water partition coefficient (Wildman–Crippen LogP) is 2.55. The molecule has 1 aliphatic carbocycles. The van der Waals surface area contributed by atoms with Crippen molar-refractivity contribution in [1.82, 2.24) is 0 Å². The van der Waals surface area contributed by atoms with Crippen LogP contribution in [0.25, 0.3) is 0 Å². The molecule has 1 aromatic rings. The van der Waals surface area contributed by atoms with Crippen molar-refractivity contribution in [2.24, 2.45) is 11.7 Å². The Labute approximate surface area is 92.1 Å². The summed E-state index contributed by atoms with van der Waals surface area (Å²) in [4.78, 5) is 2.34. The Morgan fingerprint density at radius 3 is 2.40 bits per heavy atom. The lowest BCUT2D eigenvalue weighted by atomic mass is 10.1. The molecule has 0 aliphatic heterocycles. The van der Waals surface area contributed by atoms with Crippen LogP contribution in [0.5, 0.6) is 0 Å². The van der Waals surface area contributed by atoms with E-state index in [1.54, 1.807) is 0 Å². The van der Waals surface area contributed by atoms with Crippen LogP contribution in [0.1, 0.15) is 31.4 Å². The van der Waals surface area contributed by atoms with E-state index in [4.69, 9.17) is 5.73 Å². The summed E-state index contributed by atoms with van der Waals surface area (Å²) in [6.45, 7) is 3.21. The molecule has 2 rings (SSSR count). The standard InChI is InChI=1S/C13H20N2/c1-10(14)12-5-7-13(8-6-12)15(2)9-11-3-4-11/h5-8,10-11H,3-4,9,14H2,1-2H3/t10-/m1/s1. The summed E-state index contributed by atoms with van der Waals surface area (Å²) in [6.07, 6.45) is 2.81. The quantitative estimate of drug-likeness (QED) is 0.816. The highest BCUT2D eigenvalue weighted by Crippen LogP contribution is 2.30. The summed E-state index contributed by atoms with van der Waals surface area (Å²) in [5, 5.41) is 0. The van der Waals surface area contributed by atoms with E-state index in [1.165, 1.54) is 30.6 Å². The van der Waals surface area contributed by atoms with Crippen LogP contribution in [0, 0.1) is 5.92 Å². The van der Waals surface area contributed by atoms with E-state index in [2.05, 4.69) is 36.2 Å². The maximum Gasteiger partial charge on any atom is 0.0363 e. The number of hydrogen-bond acceptors (Lipinski definition) is 2. The summed E-state index contributed by atoms with van der Waals surface area (Å²) in [6, 6.07) is 8.72. The number of nitrogens with zero attached hydrogens (tertiary/aromatic N) is 1. The monoisotopic (exact) mass is 204 g/mol. The molecular weight excluding hydrogens is 184 g/mol. The second-order valence-electron chi connectivity index (χ2n) is 4.70. The minimum atomic E-state index is 0.132. The molecule has 0 radical (unpaired) electrons. The van der Waals surface area contributed by atoms with Gasteiger partial charge in [0.15, 0.2) is 0 Å². The van der Waals surface area contributed by atoms with Crippen LogP contribution in [0.2, 0.25) is 0 Å². The van der Waals surface area contributed by atoms with Crippen molar-refractivity contribution in [3.63, 3.8) is 0 Å². The number of nitrogens with two attached hydrogens (primary N) is 1. The van der Waals surface area contributed by atoms with Gasteiger partial charge in [-0.3, -0.25) is 0 Å². The highest BCUT2D eigenvalue weighted by molar-refractivity contribution is 5.47. The van der Waals surface area contributed by atoms with E-state index in [0.29, 0.717) is 0 Å². The van der Waals surface area contributed by atoms with E-state index in [0.717, 1.165) is 5.92 Å². The van der Waals surface area contributed by atoms with Gasteiger partial charge in [0.25, 0.3) is 0 Å². The Balaban J connectivity index is 2.01. The number of benzene rings is 1. The van der Waals surface area contributed by atoms with Crippen molar-refractivity contribution in [3.8, 4) is 0 Å². The number of hydrogen-bond donors (Lipinski definition) is 1. The van der Waals surface area contributed by atoms with E-state index in [9.17, 15) is 0 Å². The van der Waals surface area contributed by atoms with Gasteiger partial charge in [0.05, 0.1) is 0 Å². The average molecular weight is 204 g/mol. The van der Waals surface area contributed by atoms with E-state index < -0.39 is 0 Å². The molecule has 0 bridgehead atoms. The molecule has 0 amide bonds. The van der Waals surface area contributed by atoms with Crippen molar-refractivity contribution in [3.05, 3.63) is 29.8 Å². The third kappa shape index (κ3) is 2.72. The summed E-state index contributed by atoms with van der Waals surface area (Å²) < 4.78 is 0. The molecule has 2 nitrogen and oxygen atoms in total. The lowest BCUT2D eigenvalue weighted by molar-refractivity contribution is 0.784. The van der Waals surface area contributed by atoms with Gasteiger partial charge in [0, 0.05) is 25.3 Å². The Hall–Kier alpha value is -1.02. The lowest BCUT2D eigenvalue weighted by Crippen LogP contribution is -2.19. The average Bonchev–Trinajstić information content (AvgIpc) is 3.02. The van der Waals surface area contributed by atoms with Gasteiger partial charge >= 0.3 is 0 Å². The summed E-state index contributed by atoms with van der Waals surface area (Å²) >= 11 is 0. The Morgan fingerprint density at radius 1 is 1.33 bits per heavy atom. The van der Waals surface area contributed by atoms with Gasteiger partial charge in [-0.1, -0.05) is 12.1 Å². The first kappa shape index (κ1) is 10.5. The first-order valence-electron chi connectivity index (χ1n) is 5.73. The van der Waals surface area contributed by atoms with Crippen molar-refractivity contribution in [2.75, 3.05) is 18.5 Å². The van der Waals surface area contributed by atoms with Crippen LogP contribution in [-0.2, 0) is 0 Å². The molecule has 82 valence electrons. The lowest BCUT2D eigenvalue weighted by Gasteiger charge is -2.19. The van der Waals surface area contributed by atoms with Crippen LogP contribution in [0.15, 0.2) is 24.3 Å². The molecule has 0 unspecified atom stereocenters. The summed E-state index contributed by atoms with van der Waals surface area (Å²) in [5.74, 6) is 0.933. The molecule has 1 atom stereocenters. The fraction of sp³-hybridized carbons (Fsp3) is 0.538. The zero-order valence-corrected chi connectivity index (χ0v) is 9.61. The third-order valence-electron chi connectivity index (χ3n) is 3.09. The second-order valence-corrected chi connectivity index (χ2v) is 4.70. The number of rotatable bonds is 4. The molecule has 0 heterocycles. The van der Waals surface area contributed by atoms with E-state index in [-0.39, 0.29) is 6.04 Å². The van der Waals surface area contributed by atoms with Gasteiger partial charge in [-0.15, -0.1) is 0 Å². The van der Waals surface area contributed by atoms with Crippen molar-refractivity contribution < 1.29 is 0 Å². The fourth-order valence-corrected chi connectivity index (χ4v) is 1.83. The van der Waals surface area contributed by atoms with Gasteiger partial charge in [0.1, 0.15) is 0 Å². The fourth-order valence-electron chi connectivity index (χ4n) is 1.83. The molecular formula is C13H20N2. The third-order valence-corrected chi connectivity index (χ3v) is 3.09. The molecule has 15 heavy (non-hydrogen) atoms. The highest BCUT2D eigenvalue weighted by atomic mass is 15.1. The molecule has 0 spiro atoms. The summed E-state index contributed by atoms with van der Waals surface area (Å²) in [5.41, 5.74) is 8.32. The van der Waals surface area contributed by atoms with Crippen LogP contribution < -0.4 is 10.6 Å². The zero-order chi connectivity index (χ0) is 10.8. The zero-order valence-electron chi connectivity index (χ0n) is 9.61. The molecule has 0 saturated heterocycles. The Morgan fingerprint density at radius 2 is 1.93 bits per heavy atom. The van der Waals surface area contributed by atoms with Gasteiger partial charge in [-0.2, -0.15) is 0 Å². The predicted molar refractivity (Wildman–Crippen MR) is 65.0 cm³/mol. The largest absolute Gasteiger partial charge is 0.374 e. The molecule has 2 N–H and O–H groups in total. The highest BCUT2D eigenvalue weighted by Gasteiger charge is 2.22. The molecule has 0 aromatic heterocycles. The van der Waals surface area contributed by atoms with Crippen LogP contribution in [0.4, 0.5) is 5.69 Å². The van der Waals surface area contributed by atoms with Crippen molar-refractivity contribution >= 4 is 5.69 Å². The molecule has 1 aliphatic rings. The van der Waals surface area contributed by atoms with Crippen molar-refractivity contribution in [1.29, 1.82) is 0 Å². The topological polar surface area (TPSA) is 29.3 Å². The van der Waals surface area contributed by atoms with Crippen LogP contribution in [-0.4, -0.2) is 13.6 Å². The molecule has 1 fully saturated rings. The molecule has 2 heteroatoms. The maximum absolute atomic E-state index is 5.82. The van der Waals surface area contributed by atoms with Crippen LogP contribution >= 0.6 is 0 Å². The minimum Gasteiger partial charge on any atom is -0.374 e. The Kier molecular flexibility index (Phi) is 2.96. The molecule has 1 saturated carbocycles. The normalized spacial score (nSPS) is 17.5. The smallest absolute Gasteiger partial charge is 0.0363 e. The van der Waals surface area contributed by atoms with Gasteiger partial charge in [-0.25, -0.2) is 0 Å².